The van der Waals surface area contributed by atoms with Crippen molar-refractivity contribution in [3.63, 3.8) is 0 Å². The van der Waals surface area contributed by atoms with Gasteiger partial charge in [0, 0.05) is 32.7 Å². The van der Waals surface area contributed by atoms with Crippen molar-refractivity contribution >= 4 is 11.9 Å². The number of likely N-dealkylation sites (tertiary alicyclic amines) is 2. The zero-order valence-corrected chi connectivity index (χ0v) is 16.2. The molecule has 0 spiro atoms. The van der Waals surface area contributed by atoms with Gasteiger partial charge in [0.15, 0.2) is 0 Å². The van der Waals surface area contributed by atoms with Crippen LogP contribution in [0.3, 0.4) is 0 Å². The van der Waals surface area contributed by atoms with Gasteiger partial charge in [-0.05, 0) is 50.6 Å². The van der Waals surface area contributed by atoms with Gasteiger partial charge < -0.3 is 20.4 Å². The van der Waals surface area contributed by atoms with Crippen molar-refractivity contribution in [2.24, 2.45) is 17.8 Å². The number of urea groups is 1. The fourth-order valence-corrected chi connectivity index (χ4v) is 3.73. The lowest BCUT2D eigenvalue weighted by Crippen LogP contribution is -2.51. The van der Waals surface area contributed by atoms with Gasteiger partial charge in [0.1, 0.15) is 0 Å². The third kappa shape index (κ3) is 6.17. The van der Waals surface area contributed by atoms with Crippen LogP contribution in [0.5, 0.6) is 0 Å². The lowest BCUT2D eigenvalue weighted by atomic mass is 9.93. The topological polar surface area (TPSA) is 64.7 Å². The quantitative estimate of drug-likeness (QED) is 0.767. The Labute approximate surface area is 152 Å². The first-order valence-corrected chi connectivity index (χ1v) is 10.0. The molecule has 0 radical (unpaired) electrons. The molecule has 6 nitrogen and oxygen atoms in total. The molecule has 144 valence electrons. The SMILES string of the molecule is CCNCC1CCN(C(=O)C2CCCN(C(=O)NCC(C)C)C2)CC1. The summed E-state index contributed by atoms with van der Waals surface area (Å²) in [5.74, 6) is 1.36. The van der Waals surface area contributed by atoms with Crippen LogP contribution in [0.2, 0.25) is 0 Å². The highest BCUT2D eigenvalue weighted by molar-refractivity contribution is 5.81. The fourth-order valence-electron chi connectivity index (χ4n) is 3.73. The van der Waals surface area contributed by atoms with Crippen LogP contribution in [0.25, 0.3) is 0 Å². The molecule has 2 aliphatic rings. The van der Waals surface area contributed by atoms with E-state index in [2.05, 4.69) is 31.4 Å². The molecule has 3 amide bonds. The normalized spacial score (nSPS) is 22.3. The number of hydrogen-bond acceptors (Lipinski definition) is 3. The van der Waals surface area contributed by atoms with Gasteiger partial charge in [-0.1, -0.05) is 20.8 Å². The molecule has 0 aromatic carbocycles. The molecular formula is C19H36N4O2. The molecule has 2 aliphatic heterocycles. The van der Waals surface area contributed by atoms with Gasteiger partial charge in [-0.25, -0.2) is 4.79 Å². The average Bonchev–Trinajstić information content (AvgIpc) is 2.64. The van der Waals surface area contributed by atoms with E-state index in [1.165, 1.54) is 0 Å². The second-order valence-electron chi connectivity index (χ2n) is 7.94. The summed E-state index contributed by atoms with van der Waals surface area (Å²) in [4.78, 5) is 29.0. The maximum absolute atomic E-state index is 12.9. The first kappa shape index (κ1) is 20.0. The number of carbonyl (C=O) groups excluding carboxylic acids is 2. The number of rotatable bonds is 6. The molecule has 2 rings (SSSR count). The fraction of sp³-hybridized carbons (Fsp3) is 0.895. The number of carbonyl (C=O) groups is 2. The van der Waals surface area contributed by atoms with Crippen molar-refractivity contribution in [1.29, 1.82) is 0 Å². The minimum absolute atomic E-state index is 0.0180. The van der Waals surface area contributed by atoms with E-state index in [1.54, 1.807) is 0 Å². The van der Waals surface area contributed by atoms with E-state index in [4.69, 9.17) is 0 Å². The Hall–Kier alpha value is -1.30. The Balaban J connectivity index is 1.78. The highest BCUT2D eigenvalue weighted by Gasteiger charge is 2.32. The molecule has 0 saturated carbocycles. The molecule has 1 atom stereocenters. The Morgan fingerprint density at radius 2 is 1.80 bits per heavy atom. The molecule has 0 bridgehead atoms. The highest BCUT2D eigenvalue weighted by Crippen LogP contribution is 2.23. The van der Waals surface area contributed by atoms with Crippen LogP contribution in [-0.4, -0.2) is 67.6 Å². The molecule has 2 heterocycles. The summed E-state index contributed by atoms with van der Waals surface area (Å²) in [6, 6.07) is -0.0180. The van der Waals surface area contributed by atoms with E-state index in [0.717, 1.165) is 58.4 Å². The van der Waals surface area contributed by atoms with Crippen LogP contribution >= 0.6 is 0 Å². The minimum Gasteiger partial charge on any atom is -0.342 e. The van der Waals surface area contributed by atoms with Crippen LogP contribution in [0, 0.1) is 17.8 Å². The molecule has 0 aromatic rings. The van der Waals surface area contributed by atoms with Crippen molar-refractivity contribution in [2.45, 2.75) is 46.5 Å². The molecule has 2 N–H and O–H groups in total. The largest absolute Gasteiger partial charge is 0.342 e. The van der Waals surface area contributed by atoms with E-state index in [1.807, 2.05) is 9.80 Å². The molecule has 6 heteroatoms. The molecule has 2 fully saturated rings. The molecule has 0 aromatic heterocycles. The number of amides is 3. The third-order valence-corrected chi connectivity index (χ3v) is 5.33. The van der Waals surface area contributed by atoms with Crippen molar-refractivity contribution in [2.75, 3.05) is 45.8 Å². The van der Waals surface area contributed by atoms with Gasteiger partial charge in [0.25, 0.3) is 0 Å². The first-order chi connectivity index (χ1) is 12.0. The predicted octanol–water partition coefficient (Wildman–Crippen LogP) is 1.91. The maximum atomic E-state index is 12.9. The van der Waals surface area contributed by atoms with Crippen molar-refractivity contribution < 1.29 is 9.59 Å². The second-order valence-corrected chi connectivity index (χ2v) is 7.94. The zero-order chi connectivity index (χ0) is 18.2. The molecule has 1 unspecified atom stereocenters. The van der Waals surface area contributed by atoms with E-state index in [9.17, 15) is 9.59 Å². The first-order valence-electron chi connectivity index (χ1n) is 10.0. The Morgan fingerprint density at radius 3 is 2.44 bits per heavy atom. The van der Waals surface area contributed by atoms with Crippen LogP contribution in [0.4, 0.5) is 4.79 Å². The molecule has 0 aliphatic carbocycles. The second kappa shape index (κ2) is 10.00. The van der Waals surface area contributed by atoms with Gasteiger partial charge >= 0.3 is 6.03 Å². The van der Waals surface area contributed by atoms with E-state index >= 15 is 0 Å². The lowest BCUT2D eigenvalue weighted by molar-refractivity contribution is -0.138. The summed E-state index contributed by atoms with van der Waals surface area (Å²) in [5.41, 5.74) is 0. The summed E-state index contributed by atoms with van der Waals surface area (Å²) < 4.78 is 0. The predicted molar refractivity (Wildman–Crippen MR) is 100 cm³/mol. The summed E-state index contributed by atoms with van der Waals surface area (Å²) >= 11 is 0. The van der Waals surface area contributed by atoms with Gasteiger partial charge in [-0.2, -0.15) is 0 Å². The van der Waals surface area contributed by atoms with Crippen molar-refractivity contribution in [3.8, 4) is 0 Å². The minimum atomic E-state index is -0.0242. The maximum Gasteiger partial charge on any atom is 0.317 e. The third-order valence-electron chi connectivity index (χ3n) is 5.33. The van der Waals surface area contributed by atoms with Crippen LogP contribution in [-0.2, 0) is 4.79 Å². The van der Waals surface area contributed by atoms with E-state index in [-0.39, 0.29) is 17.9 Å². The smallest absolute Gasteiger partial charge is 0.317 e. The van der Waals surface area contributed by atoms with Crippen LogP contribution in [0.15, 0.2) is 0 Å². The molecule has 25 heavy (non-hydrogen) atoms. The Morgan fingerprint density at radius 1 is 1.08 bits per heavy atom. The standard InChI is InChI=1S/C19H36N4O2/c1-4-20-13-16-7-10-22(11-8-16)18(24)17-6-5-9-23(14-17)19(25)21-12-15(2)3/h15-17,20H,4-14H2,1-3H3,(H,21,25). The van der Waals surface area contributed by atoms with Gasteiger partial charge in [-0.15, -0.1) is 0 Å². The summed E-state index contributed by atoms with van der Waals surface area (Å²) in [6.07, 6.45) is 4.00. The van der Waals surface area contributed by atoms with Crippen LogP contribution < -0.4 is 10.6 Å². The average molecular weight is 353 g/mol. The highest BCUT2D eigenvalue weighted by atomic mass is 16.2. The van der Waals surface area contributed by atoms with Crippen molar-refractivity contribution in [1.82, 2.24) is 20.4 Å². The number of piperidine rings is 2. The van der Waals surface area contributed by atoms with Crippen LogP contribution in [0.1, 0.15) is 46.5 Å². The zero-order valence-electron chi connectivity index (χ0n) is 16.2. The summed E-state index contributed by atoms with van der Waals surface area (Å²) in [5, 5.41) is 6.38. The van der Waals surface area contributed by atoms with Gasteiger partial charge in [-0.3, -0.25) is 4.79 Å². The molecule has 2 saturated heterocycles. The Bertz CT molecular complexity index is 433. The lowest BCUT2D eigenvalue weighted by Gasteiger charge is -2.38. The summed E-state index contributed by atoms with van der Waals surface area (Å²) in [6.45, 7) is 12.1. The van der Waals surface area contributed by atoms with Gasteiger partial charge in [0.05, 0.1) is 5.92 Å². The van der Waals surface area contributed by atoms with E-state index in [0.29, 0.717) is 24.9 Å². The number of nitrogens with zero attached hydrogens (tertiary/aromatic N) is 2. The molecular weight excluding hydrogens is 316 g/mol. The van der Waals surface area contributed by atoms with Gasteiger partial charge in [0.2, 0.25) is 5.91 Å². The van der Waals surface area contributed by atoms with Crippen molar-refractivity contribution in [3.05, 3.63) is 0 Å². The Kier molecular flexibility index (Phi) is 8.00. The number of hydrogen-bond donors (Lipinski definition) is 2. The monoisotopic (exact) mass is 352 g/mol. The summed E-state index contributed by atoms with van der Waals surface area (Å²) in [7, 11) is 0. The number of nitrogens with one attached hydrogen (secondary N) is 2. The van der Waals surface area contributed by atoms with E-state index < -0.39 is 0 Å².